The summed E-state index contributed by atoms with van der Waals surface area (Å²) < 4.78 is 0. The molecule has 0 aromatic rings. The van der Waals surface area contributed by atoms with E-state index < -0.39 is 6.10 Å². The number of nitrogens with zero attached hydrogens (tertiary/aromatic N) is 1. The molecule has 0 rings (SSSR count). The maximum atomic E-state index is 11.1. The zero-order valence-corrected chi connectivity index (χ0v) is 9.30. The number of aliphatic hydroxyl groups excluding tert-OH is 1. The average molecular weight is 216 g/mol. The summed E-state index contributed by atoms with van der Waals surface area (Å²) in [7, 11) is 0. The van der Waals surface area contributed by atoms with E-state index in [4.69, 9.17) is 5.26 Å². The van der Waals surface area contributed by atoms with Crippen molar-refractivity contribution < 1.29 is 9.90 Å². The van der Waals surface area contributed by atoms with E-state index in [-0.39, 0.29) is 24.1 Å². The van der Waals surface area contributed by atoms with Crippen molar-refractivity contribution >= 4 is 17.7 Å². The maximum Gasteiger partial charge on any atom is 0.230 e. The Labute approximate surface area is 88.7 Å². The molecule has 0 spiro atoms. The molecular formula is C9H16N2O2S. The van der Waals surface area contributed by atoms with Crippen LogP contribution in [0.15, 0.2) is 0 Å². The lowest BCUT2D eigenvalue weighted by Crippen LogP contribution is -2.35. The van der Waals surface area contributed by atoms with Gasteiger partial charge in [0.25, 0.3) is 0 Å². The number of nitrogens with one attached hydrogen (secondary N) is 1. The topological polar surface area (TPSA) is 73.1 Å². The second kappa shape index (κ2) is 7.65. The first-order chi connectivity index (χ1) is 6.57. The minimum absolute atomic E-state index is 0.134. The first kappa shape index (κ1) is 13.3. The summed E-state index contributed by atoms with van der Waals surface area (Å²) in [6, 6.07) is 1.94. The van der Waals surface area contributed by atoms with Gasteiger partial charge in [-0.1, -0.05) is 13.8 Å². The molecular weight excluding hydrogens is 200 g/mol. The van der Waals surface area contributed by atoms with E-state index in [0.29, 0.717) is 5.75 Å². The van der Waals surface area contributed by atoms with Crippen molar-refractivity contribution in [2.24, 2.45) is 5.92 Å². The molecule has 0 fully saturated rings. The molecule has 0 radical (unpaired) electrons. The molecule has 0 aliphatic carbocycles. The van der Waals surface area contributed by atoms with Gasteiger partial charge in [0, 0.05) is 6.54 Å². The van der Waals surface area contributed by atoms with Gasteiger partial charge in [-0.3, -0.25) is 4.79 Å². The first-order valence-electron chi connectivity index (χ1n) is 4.47. The van der Waals surface area contributed by atoms with Gasteiger partial charge < -0.3 is 10.4 Å². The second-order valence-corrected chi connectivity index (χ2v) is 4.25. The molecule has 1 unspecified atom stereocenters. The Morgan fingerprint density at radius 1 is 1.64 bits per heavy atom. The van der Waals surface area contributed by atoms with Gasteiger partial charge in [0.2, 0.25) is 5.91 Å². The molecule has 4 nitrogen and oxygen atoms in total. The highest BCUT2D eigenvalue weighted by molar-refractivity contribution is 8.00. The molecule has 80 valence electrons. The van der Waals surface area contributed by atoms with Gasteiger partial charge in [0.1, 0.15) is 0 Å². The number of rotatable bonds is 6. The largest absolute Gasteiger partial charge is 0.391 e. The first-order valence-corrected chi connectivity index (χ1v) is 5.62. The van der Waals surface area contributed by atoms with E-state index in [0.717, 1.165) is 0 Å². The smallest absolute Gasteiger partial charge is 0.230 e. The quantitative estimate of drug-likeness (QED) is 0.629. The Morgan fingerprint density at radius 3 is 2.79 bits per heavy atom. The van der Waals surface area contributed by atoms with Crippen molar-refractivity contribution in [3.63, 3.8) is 0 Å². The molecule has 0 aromatic carbocycles. The maximum absolute atomic E-state index is 11.1. The highest BCUT2D eigenvalue weighted by Crippen LogP contribution is 2.00. The minimum atomic E-state index is -0.500. The van der Waals surface area contributed by atoms with Crippen LogP contribution in [-0.2, 0) is 4.79 Å². The molecule has 0 heterocycles. The van der Waals surface area contributed by atoms with Crippen LogP contribution in [0.2, 0.25) is 0 Å². The molecule has 1 amide bonds. The number of aliphatic hydroxyl groups is 1. The third-order valence-corrected chi connectivity index (χ3v) is 2.48. The normalized spacial score (nSPS) is 12.2. The summed E-state index contributed by atoms with van der Waals surface area (Å²) in [5.74, 6) is 0.602. The summed E-state index contributed by atoms with van der Waals surface area (Å²) in [4.78, 5) is 11.1. The lowest BCUT2D eigenvalue weighted by atomic mass is 10.1. The van der Waals surface area contributed by atoms with Gasteiger partial charge in [-0.15, -0.1) is 11.8 Å². The van der Waals surface area contributed by atoms with Crippen molar-refractivity contribution in [3.05, 3.63) is 0 Å². The van der Waals surface area contributed by atoms with Crippen molar-refractivity contribution in [3.8, 4) is 6.07 Å². The monoisotopic (exact) mass is 216 g/mol. The Kier molecular flexibility index (Phi) is 7.25. The molecule has 14 heavy (non-hydrogen) atoms. The van der Waals surface area contributed by atoms with Crippen LogP contribution in [0.25, 0.3) is 0 Å². The zero-order valence-electron chi connectivity index (χ0n) is 8.49. The standard InChI is InChI=1S/C9H16N2O2S/c1-7(2)8(12)5-11-9(13)6-14-4-3-10/h7-8,12H,4-6H2,1-2H3,(H,11,13). The Morgan fingerprint density at radius 2 is 2.29 bits per heavy atom. The van der Waals surface area contributed by atoms with E-state index in [1.807, 2.05) is 19.9 Å². The number of carbonyl (C=O) groups excluding carboxylic acids is 1. The van der Waals surface area contributed by atoms with Gasteiger partial charge in [-0.2, -0.15) is 5.26 Å². The van der Waals surface area contributed by atoms with Crippen molar-refractivity contribution in [1.29, 1.82) is 5.26 Å². The summed E-state index contributed by atoms with van der Waals surface area (Å²) in [5.41, 5.74) is 0. The average Bonchev–Trinajstić information content (AvgIpc) is 2.14. The Balaban J connectivity index is 3.50. The number of amides is 1. The molecule has 0 saturated carbocycles. The summed E-state index contributed by atoms with van der Waals surface area (Å²) >= 11 is 1.27. The molecule has 0 bridgehead atoms. The summed E-state index contributed by atoms with van der Waals surface area (Å²) in [6.45, 7) is 4.06. The lowest BCUT2D eigenvalue weighted by Gasteiger charge is -2.14. The fourth-order valence-corrected chi connectivity index (χ4v) is 1.18. The Bertz CT molecular complexity index is 213. The number of nitriles is 1. The van der Waals surface area contributed by atoms with E-state index in [9.17, 15) is 9.90 Å². The fourth-order valence-electron chi connectivity index (χ4n) is 0.695. The zero-order chi connectivity index (χ0) is 11.0. The van der Waals surface area contributed by atoms with Crippen LogP contribution in [-0.4, -0.2) is 35.2 Å². The second-order valence-electron chi connectivity index (χ2n) is 3.27. The summed E-state index contributed by atoms with van der Waals surface area (Å²) in [5, 5.41) is 20.2. The SMILES string of the molecule is CC(C)C(O)CNC(=O)CSCC#N. The van der Waals surface area contributed by atoms with Crippen LogP contribution in [0.4, 0.5) is 0 Å². The third kappa shape index (κ3) is 6.75. The van der Waals surface area contributed by atoms with Crippen LogP contribution >= 0.6 is 11.8 Å². The van der Waals surface area contributed by atoms with Crippen LogP contribution in [0.5, 0.6) is 0 Å². The van der Waals surface area contributed by atoms with Crippen LogP contribution in [0.3, 0.4) is 0 Å². The highest BCUT2D eigenvalue weighted by Gasteiger charge is 2.10. The minimum Gasteiger partial charge on any atom is -0.391 e. The van der Waals surface area contributed by atoms with Crippen molar-refractivity contribution in [2.75, 3.05) is 18.1 Å². The van der Waals surface area contributed by atoms with Gasteiger partial charge >= 0.3 is 0 Å². The van der Waals surface area contributed by atoms with E-state index in [2.05, 4.69) is 5.32 Å². The van der Waals surface area contributed by atoms with Crippen LogP contribution in [0, 0.1) is 17.2 Å². The summed E-state index contributed by atoms with van der Waals surface area (Å²) in [6.07, 6.45) is -0.500. The molecule has 0 aliphatic rings. The number of hydrogen-bond donors (Lipinski definition) is 2. The molecule has 0 aliphatic heterocycles. The van der Waals surface area contributed by atoms with Crippen LogP contribution < -0.4 is 5.32 Å². The third-order valence-electron chi connectivity index (χ3n) is 1.68. The predicted octanol–water partition coefficient (Wildman–Crippen LogP) is 0.376. The van der Waals surface area contributed by atoms with Crippen molar-refractivity contribution in [2.45, 2.75) is 20.0 Å². The number of hydrogen-bond acceptors (Lipinski definition) is 4. The lowest BCUT2D eigenvalue weighted by molar-refractivity contribution is -0.119. The molecule has 0 aromatic heterocycles. The van der Waals surface area contributed by atoms with Gasteiger partial charge in [0.05, 0.1) is 23.7 Å². The molecule has 1 atom stereocenters. The van der Waals surface area contributed by atoms with Gasteiger partial charge in [-0.05, 0) is 5.92 Å². The number of thioether (sulfide) groups is 1. The highest BCUT2D eigenvalue weighted by atomic mass is 32.2. The van der Waals surface area contributed by atoms with E-state index in [1.165, 1.54) is 11.8 Å². The van der Waals surface area contributed by atoms with Crippen LogP contribution in [0.1, 0.15) is 13.8 Å². The van der Waals surface area contributed by atoms with Gasteiger partial charge in [0.15, 0.2) is 0 Å². The van der Waals surface area contributed by atoms with E-state index >= 15 is 0 Å². The predicted molar refractivity (Wildman–Crippen MR) is 56.8 cm³/mol. The number of carbonyl (C=O) groups is 1. The molecule has 0 saturated heterocycles. The molecule has 5 heteroatoms. The van der Waals surface area contributed by atoms with Crippen molar-refractivity contribution in [1.82, 2.24) is 5.32 Å². The van der Waals surface area contributed by atoms with Gasteiger partial charge in [-0.25, -0.2) is 0 Å². The van der Waals surface area contributed by atoms with E-state index in [1.54, 1.807) is 0 Å². The Hall–Kier alpha value is -0.730. The fraction of sp³-hybridized carbons (Fsp3) is 0.778. The molecule has 2 N–H and O–H groups in total.